The maximum absolute atomic E-state index is 11.4. The average molecular weight is 304 g/mol. The molecular weight excluding hydrogens is 280 g/mol. The Labute approximate surface area is 131 Å². The molecule has 120 valence electrons. The summed E-state index contributed by atoms with van der Waals surface area (Å²) in [6.45, 7) is 8.10. The zero-order valence-electron chi connectivity index (χ0n) is 13.8. The molecule has 0 aliphatic heterocycles. The number of hydrogen-bond donors (Lipinski definition) is 0. The van der Waals surface area contributed by atoms with Crippen LogP contribution in [0, 0.1) is 0 Å². The van der Waals surface area contributed by atoms with Crippen LogP contribution >= 0.6 is 0 Å². The van der Waals surface area contributed by atoms with E-state index in [4.69, 9.17) is 9.47 Å². The minimum absolute atomic E-state index is 0.647. The summed E-state index contributed by atoms with van der Waals surface area (Å²) in [7, 11) is 3.24. The molecule has 0 unspecified atom stereocenters. The van der Waals surface area contributed by atoms with Gasteiger partial charge in [0, 0.05) is 37.0 Å². The first-order valence-corrected chi connectivity index (χ1v) is 7.60. The Kier molecular flexibility index (Phi) is 5.44. The van der Waals surface area contributed by atoms with E-state index in [9.17, 15) is 4.79 Å². The van der Waals surface area contributed by atoms with E-state index in [0.29, 0.717) is 11.3 Å². The van der Waals surface area contributed by atoms with E-state index in [2.05, 4.69) is 23.3 Å². The lowest BCUT2D eigenvalue weighted by Gasteiger charge is -2.18. The number of benzene rings is 1. The molecule has 5 nitrogen and oxygen atoms in total. The summed E-state index contributed by atoms with van der Waals surface area (Å²) in [5.41, 5.74) is 1.61. The van der Waals surface area contributed by atoms with Gasteiger partial charge in [-0.2, -0.15) is 0 Å². The number of fused-ring (bicyclic) bond motifs is 1. The lowest BCUT2D eigenvalue weighted by Crippen LogP contribution is -2.26. The normalized spacial score (nSPS) is 11.1. The summed E-state index contributed by atoms with van der Waals surface area (Å²) >= 11 is 0. The molecule has 0 atom stereocenters. The molecule has 0 radical (unpaired) electrons. The van der Waals surface area contributed by atoms with E-state index >= 15 is 0 Å². The average Bonchev–Trinajstić information content (AvgIpc) is 2.92. The number of ether oxygens (including phenoxy) is 2. The predicted molar refractivity (Wildman–Crippen MR) is 88.2 cm³/mol. The topological polar surface area (TPSA) is 43.7 Å². The highest BCUT2D eigenvalue weighted by atomic mass is 16.5. The molecule has 2 aromatic rings. The maximum atomic E-state index is 11.4. The van der Waals surface area contributed by atoms with Crippen LogP contribution < -0.4 is 9.47 Å². The van der Waals surface area contributed by atoms with Crippen molar-refractivity contribution in [3.8, 4) is 11.5 Å². The van der Waals surface area contributed by atoms with Gasteiger partial charge in [-0.25, -0.2) is 0 Å². The highest BCUT2D eigenvalue weighted by Gasteiger charge is 2.15. The van der Waals surface area contributed by atoms with E-state index in [1.54, 1.807) is 14.2 Å². The van der Waals surface area contributed by atoms with Gasteiger partial charge in [0.15, 0.2) is 6.29 Å². The first-order valence-electron chi connectivity index (χ1n) is 7.60. The molecule has 0 aliphatic carbocycles. The summed E-state index contributed by atoms with van der Waals surface area (Å²) in [5, 5.41) is 0.845. The molecule has 0 fully saturated rings. The Hall–Kier alpha value is -2.01. The second kappa shape index (κ2) is 7.31. The number of carbonyl (C=O) groups excluding carboxylic acids is 1. The number of nitrogens with zero attached hydrogens (tertiary/aromatic N) is 2. The van der Waals surface area contributed by atoms with Gasteiger partial charge in [0.25, 0.3) is 0 Å². The fourth-order valence-electron chi connectivity index (χ4n) is 2.74. The molecule has 22 heavy (non-hydrogen) atoms. The molecule has 0 spiro atoms. The Morgan fingerprint density at radius 1 is 1.18 bits per heavy atom. The number of methoxy groups -OCH3 is 2. The van der Waals surface area contributed by atoms with Crippen molar-refractivity contribution in [2.45, 2.75) is 20.4 Å². The van der Waals surface area contributed by atoms with Crippen LogP contribution in [0.5, 0.6) is 11.5 Å². The molecule has 0 saturated heterocycles. The first kappa shape index (κ1) is 16.4. The van der Waals surface area contributed by atoms with Crippen molar-refractivity contribution in [1.82, 2.24) is 9.47 Å². The van der Waals surface area contributed by atoms with Crippen LogP contribution in [0.15, 0.2) is 18.3 Å². The van der Waals surface area contributed by atoms with Crippen molar-refractivity contribution in [1.29, 1.82) is 0 Å². The summed E-state index contributed by atoms with van der Waals surface area (Å²) < 4.78 is 12.9. The predicted octanol–water partition coefficient (Wildman–Crippen LogP) is 2.81. The Morgan fingerprint density at radius 2 is 1.91 bits per heavy atom. The zero-order chi connectivity index (χ0) is 16.1. The van der Waals surface area contributed by atoms with Crippen LogP contribution in [0.2, 0.25) is 0 Å². The highest BCUT2D eigenvalue weighted by Crippen LogP contribution is 2.34. The summed E-state index contributed by atoms with van der Waals surface area (Å²) in [6.07, 6.45) is 2.77. The number of hydrogen-bond acceptors (Lipinski definition) is 4. The van der Waals surface area contributed by atoms with Crippen molar-refractivity contribution < 1.29 is 14.3 Å². The van der Waals surface area contributed by atoms with Gasteiger partial charge in [0.1, 0.15) is 11.5 Å². The lowest BCUT2D eigenvalue weighted by atomic mass is 10.1. The quantitative estimate of drug-likeness (QED) is 0.703. The molecule has 2 rings (SSSR count). The van der Waals surface area contributed by atoms with E-state index in [-0.39, 0.29) is 0 Å². The van der Waals surface area contributed by atoms with E-state index in [1.807, 2.05) is 18.3 Å². The number of aldehydes is 1. The van der Waals surface area contributed by atoms with Crippen LogP contribution in [0.4, 0.5) is 0 Å². The van der Waals surface area contributed by atoms with Gasteiger partial charge in [-0.3, -0.25) is 4.79 Å². The number of aromatic nitrogens is 1. The monoisotopic (exact) mass is 304 g/mol. The van der Waals surface area contributed by atoms with E-state index in [0.717, 1.165) is 49.1 Å². The Morgan fingerprint density at radius 3 is 2.45 bits per heavy atom. The second-order valence-electron chi connectivity index (χ2n) is 5.15. The van der Waals surface area contributed by atoms with Crippen molar-refractivity contribution in [2.24, 2.45) is 0 Å². The van der Waals surface area contributed by atoms with Crippen LogP contribution in [0.3, 0.4) is 0 Å². The second-order valence-corrected chi connectivity index (χ2v) is 5.15. The van der Waals surface area contributed by atoms with E-state index in [1.165, 1.54) is 0 Å². The molecule has 0 saturated carbocycles. The van der Waals surface area contributed by atoms with Crippen molar-refractivity contribution >= 4 is 17.2 Å². The molecule has 1 heterocycles. The van der Waals surface area contributed by atoms with Gasteiger partial charge in [0.05, 0.1) is 25.1 Å². The van der Waals surface area contributed by atoms with Gasteiger partial charge >= 0.3 is 0 Å². The summed E-state index contributed by atoms with van der Waals surface area (Å²) in [5.74, 6) is 1.39. The first-order chi connectivity index (χ1) is 10.7. The molecule has 1 aromatic carbocycles. The third kappa shape index (κ3) is 3.09. The number of likely N-dealkylation sites (N-methyl/N-ethyl adjacent to an activating group) is 1. The molecular formula is C17H24N2O3. The third-order valence-electron chi connectivity index (χ3n) is 4.08. The van der Waals surface area contributed by atoms with Crippen molar-refractivity contribution in [3.05, 3.63) is 23.9 Å². The third-order valence-corrected chi connectivity index (χ3v) is 4.08. The van der Waals surface area contributed by atoms with Crippen molar-refractivity contribution in [2.75, 3.05) is 33.9 Å². The Bertz CT molecular complexity index is 645. The standard InChI is InChI=1S/C17H24N2O3/c1-5-18(6-2)7-8-19-11-13(12-20)17-15(19)9-14(21-3)10-16(17)22-4/h9-12H,5-8H2,1-4H3. The summed E-state index contributed by atoms with van der Waals surface area (Å²) in [6, 6.07) is 3.76. The molecule has 0 amide bonds. The lowest BCUT2D eigenvalue weighted by molar-refractivity contribution is 0.112. The largest absolute Gasteiger partial charge is 0.497 e. The molecule has 0 bridgehead atoms. The van der Waals surface area contributed by atoms with Gasteiger partial charge in [-0.05, 0) is 13.1 Å². The van der Waals surface area contributed by atoms with Crippen LogP contribution in [-0.4, -0.2) is 49.6 Å². The number of rotatable bonds is 8. The van der Waals surface area contributed by atoms with E-state index < -0.39 is 0 Å². The molecule has 0 aliphatic rings. The maximum Gasteiger partial charge on any atom is 0.152 e. The highest BCUT2D eigenvalue weighted by molar-refractivity contribution is 6.02. The fraction of sp³-hybridized carbons (Fsp3) is 0.471. The molecule has 5 heteroatoms. The molecule has 0 N–H and O–H groups in total. The van der Waals surface area contributed by atoms with Crippen molar-refractivity contribution in [3.63, 3.8) is 0 Å². The SMILES string of the molecule is CCN(CC)CCn1cc(C=O)c2c(OC)cc(OC)cc21. The minimum atomic E-state index is 0.647. The summed E-state index contributed by atoms with van der Waals surface area (Å²) in [4.78, 5) is 13.7. The fourth-order valence-corrected chi connectivity index (χ4v) is 2.74. The zero-order valence-corrected chi connectivity index (χ0v) is 13.8. The van der Waals surface area contributed by atoms with Gasteiger partial charge in [-0.15, -0.1) is 0 Å². The smallest absolute Gasteiger partial charge is 0.152 e. The van der Waals surface area contributed by atoms with Gasteiger partial charge in [0.2, 0.25) is 0 Å². The van der Waals surface area contributed by atoms with Crippen LogP contribution in [0.25, 0.3) is 10.9 Å². The molecule has 1 aromatic heterocycles. The van der Waals surface area contributed by atoms with Crippen LogP contribution in [0.1, 0.15) is 24.2 Å². The van der Waals surface area contributed by atoms with Crippen LogP contribution in [-0.2, 0) is 6.54 Å². The number of carbonyl (C=O) groups is 1. The Balaban J connectivity index is 2.47. The van der Waals surface area contributed by atoms with Gasteiger partial charge < -0.3 is 18.9 Å². The minimum Gasteiger partial charge on any atom is -0.497 e. The van der Waals surface area contributed by atoms with Gasteiger partial charge in [-0.1, -0.05) is 13.8 Å².